The van der Waals surface area contributed by atoms with Crippen molar-refractivity contribution in [2.75, 3.05) is 5.75 Å². The Kier molecular flexibility index (Phi) is 3.14. The molecule has 2 atom stereocenters. The van der Waals surface area contributed by atoms with Gasteiger partial charge in [-0.3, -0.25) is 0 Å². The van der Waals surface area contributed by atoms with Gasteiger partial charge < -0.3 is 9.84 Å². The van der Waals surface area contributed by atoms with Gasteiger partial charge in [-0.1, -0.05) is 18.2 Å². The number of carboxylic acids is 1. The Balaban J connectivity index is 2.23. The molecule has 1 heterocycles. The van der Waals surface area contributed by atoms with E-state index in [0.29, 0.717) is 11.7 Å². The Labute approximate surface area is 98.4 Å². The van der Waals surface area contributed by atoms with E-state index in [-0.39, 0.29) is 0 Å². The van der Waals surface area contributed by atoms with Gasteiger partial charge in [0.2, 0.25) is 12.0 Å². The first-order valence-electron chi connectivity index (χ1n) is 4.86. The van der Waals surface area contributed by atoms with Crippen LogP contribution < -0.4 is 0 Å². The quantitative estimate of drug-likeness (QED) is 0.777. The van der Waals surface area contributed by atoms with Crippen LogP contribution in [-0.4, -0.2) is 34.9 Å². The molecular formula is C11H11NO3S. The Bertz CT molecular complexity index is 418. The second-order valence-electron chi connectivity index (χ2n) is 3.43. The summed E-state index contributed by atoms with van der Waals surface area (Å²) in [6.45, 7) is 0. The molecule has 0 unspecified atom stereocenters. The third kappa shape index (κ3) is 2.04. The van der Waals surface area contributed by atoms with Crippen LogP contribution >= 0.6 is 12.6 Å². The minimum atomic E-state index is -1.01. The van der Waals surface area contributed by atoms with Crippen LogP contribution in [0.2, 0.25) is 0 Å². The first-order chi connectivity index (χ1) is 7.72. The van der Waals surface area contributed by atoms with Crippen molar-refractivity contribution in [1.29, 1.82) is 0 Å². The van der Waals surface area contributed by atoms with Gasteiger partial charge in [-0.15, -0.1) is 0 Å². The lowest BCUT2D eigenvalue weighted by Gasteiger charge is -2.10. The van der Waals surface area contributed by atoms with Crippen LogP contribution in [0, 0.1) is 0 Å². The smallest absolute Gasteiger partial charge is 0.347 e. The number of aliphatic imine (C=N–C) groups is 1. The average Bonchev–Trinajstić information content (AvgIpc) is 2.74. The van der Waals surface area contributed by atoms with Gasteiger partial charge in [0.25, 0.3) is 0 Å². The van der Waals surface area contributed by atoms with Gasteiger partial charge in [0.15, 0.2) is 0 Å². The SMILES string of the molecule is O=C(O)[C@@H]1OC(c2ccccc2)=N[C@H]1CS. The van der Waals surface area contributed by atoms with Crippen LogP contribution in [0.5, 0.6) is 0 Å². The molecule has 0 spiro atoms. The molecule has 0 bridgehead atoms. The number of carbonyl (C=O) groups is 1. The lowest BCUT2D eigenvalue weighted by molar-refractivity contribution is -0.145. The number of hydrogen-bond donors (Lipinski definition) is 2. The van der Waals surface area contributed by atoms with Gasteiger partial charge in [-0.2, -0.15) is 12.6 Å². The first-order valence-corrected chi connectivity index (χ1v) is 5.49. The van der Waals surface area contributed by atoms with Gasteiger partial charge in [0.1, 0.15) is 6.04 Å². The maximum atomic E-state index is 10.9. The number of hydrogen-bond acceptors (Lipinski definition) is 4. The number of thiol groups is 1. The second kappa shape index (κ2) is 4.57. The van der Waals surface area contributed by atoms with Crippen LogP contribution in [0.15, 0.2) is 35.3 Å². The zero-order chi connectivity index (χ0) is 11.5. The van der Waals surface area contributed by atoms with Crippen molar-refractivity contribution >= 4 is 24.5 Å². The summed E-state index contributed by atoms with van der Waals surface area (Å²) in [7, 11) is 0. The Hall–Kier alpha value is -1.49. The highest BCUT2D eigenvalue weighted by Crippen LogP contribution is 2.19. The summed E-state index contributed by atoms with van der Waals surface area (Å²) >= 11 is 4.07. The maximum absolute atomic E-state index is 10.9. The number of benzene rings is 1. The average molecular weight is 237 g/mol. The van der Waals surface area contributed by atoms with E-state index in [2.05, 4.69) is 17.6 Å². The van der Waals surface area contributed by atoms with Crippen molar-refractivity contribution < 1.29 is 14.6 Å². The molecule has 0 amide bonds. The van der Waals surface area contributed by atoms with Gasteiger partial charge >= 0.3 is 5.97 Å². The predicted molar refractivity (Wildman–Crippen MR) is 63.1 cm³/mol. The van der Waals surface area contributed by atoms with Crippen LogP contribution in [0.3, 0.4) is 0 Å². The monoisotopic (exact) mass is 237 g/mol. The topological polar surface area (TPSA) is 58.9 Å². The summed E-state index contributed by atoms with van der Waals surface area (Å²) in [5, 5.41) is 8.95. The van der Waals surface area contributed by atoms with Crippen LogP contribution in [0.1, 0.15) is 5.56 Å². The molecule has 5 heteroatoms. The third-order valence-corrected chi connectivity index (χ3v) is 2.70. The number of aliphatic carboxylic acids is 1. The van der Waals surface area contributed by atoms with Gasteiger partial charge in [0.05, 0.1) is 0 Å². The van der Waals surface area contributed by atoms with E-state index in [1.54, 1.807) is 0 Å². The summed E-state index contributed by atoms with van der Waals surface area (Å²) in [4.78, 5) is 15.1. The molecule has 1 aromatic rings. The van der Waals surface area contributed by atoms with E-state index in [1.807, 2.05) is 30.3 Å². The fourth-order valence-electron chi connectivity index (χ4n) is 1.52. The molecular weight excluding hydrogens is 226 g/mol. The molecule has 0 saturated carbocycles. The molecule has 0 aromatic heterocycles. The summed E-state index contributed by atoms with van der Waals surface area (Å²) < 4.78 is 5.31. The second-order valence-corrected chi connectivity index (χ2v) is 3.79. The fourth-order valence-corrected chi connectivity index (χ4v) is 1.80. The highest BCUT2D eigenvalue weighted by atomic mass is 32.1. The van der Waals surface area contributed by atoms with Crippen molar-refractivity contribution in [3.05, 3.63) is 35.9 Å². The Morgan fingerprint density at radius 3 is 2.62 bits per heavy atom. The molecule has 0 aliphatic carbocycles. The van der Waals surface area contributed by atoms with Gasteiger partial charge in [0, 0.05) is 11.3 Å². The number of rotatable bonds is 3. The standard InChI is InChI=1S/C11H11NO3S/c13-11(14)9-8(6-16)12-10(15-9)7-4-2-1-3-5-7/h1-5,8-9,16H,6H2,(H,13,14)/t8-,9+/m0/s1. The van der Waals surface area contributed by atoms with E-state index < -0.39 is 18.1 Å². The molecule has 16 heavy (non-hydrogen) atoms. The minimum absolute atomic E-state index is 0.354. The summed E-state index contributed by atoms with van der Waals surface area (Å²) in [5.74, 6) is -0.270. The molecule has 1 aliphatic heterocycles. The van der Waals surface area contributed by atoms with Crippen molar-refractivity contribution in [3.63, 3.8) is 0 Å². The summed E-state index contributed by atoms with van der Waals surface area (Å²) in [6, 6.07) is 8.83. The zero-order valence-corrected chi connectivity index (χ0v) is 9.30. The third-order valence-electron chi connectivity index (χ3n) is 2.32. The molecule has 1 aliphatic rings. The number of nitrogens with zero attached hydrogens (tertiary/aromatic N) is 1. The van der Waals surface area contributed by atoms with Crippen LogP contribution in [0.25, 0.3) is 0 Å². The summed E-state index contributed by atoms with van der Waals surface area (Å²) in [5.41, 5.74) is 0.790. The molecule has 1 N–H and O–H groups in total. The van der Waals surface area contributed by atoms with Gasteiger partial charge in [-0.05, 0) is 12.1 Å². The van der Waals surface area contributed by atoms with E-state index in [4.69, 9.17) is 9.84 Å². The van der Waals surface area contributed by atoms with Crippen LogP contribution in [-0.2, 0) is 9.53 Å². The highest BCUT2D eigenvalue weighted by molar-refractivity contribution is 7.80. The molecule has 0 saturated heterocycles. The van der Waals surface area contributed by atoms with E-state index in [9.17, 15) is 4.79 Å². The van der Waals surface area contributed by atoms with Crippen molar-refractivity contribution in [1.82, 2.24) is 0 Å². The molecule has 84 valence electrons. The molecule has 1 aromatic carbocycles. The number of ether oxygens (including phenoxy) is 1. The number of carboxylic acid groups (broad SMARTS) is 1. The van der Waals surface area contributed by atoms with Crippen molar-refractivity contribution in [2.45, 2.75) is 12.1 Å². The van der Waals surface area contributed by atoms with Crippen molar-refractivity contribution in [3.8, 4) is 0 Å². The minimum Gasteiger partial charge on any atom is -0.478 e. The molecule has 0 fully saturated rings. The lowest BCUT2D eigenvalue weighted by Crippen LogP contribution is -2.32. The van der Waals surface area contributed by atoms with Gasteiger partial charge in [-0.25, -0.2) is 9.79 Å². The fraction of sp³-hybridized carbons (Fsp3) is 0.273. The normalized spacial score (nSPS) is 23.7. The predicted octanol–water partition coefficient (Wildman–Crippen LogP) is 1.21. The summed E-state index contributed by atoms with van der Waals surface area (Å²) in [6.07, 6.45) is -0.923. The highest BCUT2D eigenvalue weighted by Gasteiger charge is 2.36. The Morgan fingerprint density at radius 1 is 1.44 bits per heavy atom. The lowest BCUT2D eigenvalue weighted by atomic mass is 10.2. The molecule has 0 radical (unpaired) electrons. The largest absolute Gasteiger partial charge is 0.478 e. The maximum Gasteiger partial charge on any atom is 0.347 e. The van der Waals surface area contributed by atoms with E-state index >= 15 is 0 Å². The molecule has 4 nitrogen and oxygen atoms in total. The van der Waals surface area contributed by atoms with Crippen molar-refractivity contribution in [2.24, 2.45) is 4.99 Å². The van der Waals surface area contributed by atoms with E-state index in [1.165, 1.54) is 0 Å². The molecule has 2 rings (SSSR count). The first kappa shape index (κ1) is 11.0. The Morgan fingerprint density at radius 2 is 2.12 bits per heavy atom. The van der Waals surface area contributed by atoms with E-state index in [0.717, 1.165) is 5.56 Å². The zero-order valence-electron chi connectivity index (χ0n) is 8.41. The van der Waals surface area contributed by atoms with Crippen LogP contribution in [0.4, 0.5) is 0 Å².